The minimum absolute atomic E-state index is 0.00387. The van der Waals surface area contributed by atoms with Crippen LogP contribution in [0, 0.1) is 23.7 Å². The second kappa shape index (κ2) is 5.41. The predicted molar refractivity (Wildman–Crippen MR) is 82.5 cm³/mol. The maximum Gasteiger partial charge on any atom is 0.242 e. The minimum Gasteiger partial charge on any atom is -0.273 e. The molecule has 3 saturated carbocycles. The van der Waals surface area contributed by atoms with E-state index >= 15 is 0 Å². The van der Waals surface area contributed by atoms with E-state index in [-0.39, 0.29) is 23.7 Å². The number of fused-ring (bicyclic) bond motifs is 1. The van der Waals surface area contributed by atoms with Crippen molar-refractivity contribution >= 4 is 11.8 Å². The molecule has 22 heavy (non-hydrogen) atoms. The van der Waals surface area contributed by atoms with Crippen LogP contribution in [0.25, 0.3) is 0 Å². The molecule has 3 fully saturated rings. The highest BCUT2D eigenvalue weighted by molar-refractivity contribution is 5.88. The third kappa shape index (κ3) is 2.51. The fourth-order valence-corrected chi connectivity index (χ4v) is 4.23. The average molecular weight is 298 g/mol. The van der Waals surface area contributed by atoms with Gasteiger partial charge in [-0.25, -0.2) is 0 Å². The third-order valence-electron chi connectivity index (χ3n) is 5.62. The molecule has 4 heteroatoms. The van der Waals surface area contributed by atoms with Gasteiger partial charge in [0.25, 0.3) is 0 Å². The summed E-state index contributed by atoms with van der Waals surface area (Å²) in [7, 11) is 0. The van der Waals surface area contributed by atoms with Crippen LogP contribution in [-0.2, 0) is 9.59 Å². The number of rotatable bonds is 3. The van der Waals surface area contributed by atoms with Crippen LogP contribution in [0.3, 0.4) is 0 Å². The largest absolute Gasteiger partial charge is 0.273 e. The zero-order valence-corrected chi connectivity index (χ0v) is 12.6. The van der Waals surface area contributed by atoms with Gasteiger partial charge in [-0.15, -0.1) is 0 Å². The van der Waals surface area contributed by atoms with Crippen LogP contribution in [0.4, 0.5) is 0 Å². The molecule has 116 valence electrons. The molecule has 0 radical (unpaired) electrons. The van der Waals surface area contributed by atoms with E-state index in [0.29, 0.717) is 17.8 Å². The number of carbonyl (C=O) groups excluding carboxylic acids is 2. The molecule has 0 saturated heterocycles. The van der Waals surface area contributed by atoms with Crippen molar-refractivity contribution in [3.05, 3.63) is 35.9 Å². The number of hydrogen-bond donors (Lipinski definition) is 2. The lowest BCUT2D eigenvalue weighted by molar-refractivity contribution is -0.130. The van der Waals surface area contributed by atoms with Gasteiger partial charge >= 0.3 is 0 Å². The number of benzene rings is 1. The van der Waals surface area contributed by atoms with Gasteiger partial charge in [0.15, 0.2) is 0 Å². The molecule has 1 unspecified atom stereocenters. The van der Waals surface area contributed by atoms with E-state index in [1.807, 2.05) is 18.2 Å². The summed E-state index contributed by atoms with van der Waals surface area (Å²) in [6.45, 7) is 0. The molecule has 3 aliphatic carbocycles. The Balaban J connectivity index is 1.25. The first kappa shape index (κ1) is 13.8. The molecule has 4 rings (SSSR count). The van der Waals surface area contributed by atoms with Gasteiger partial charge in [-0.3, -0.25) is 20.4 Å². The van der Waals surface area contributed by atoms with Crippen LogP contribution in [0.5, 0.6) is 0 Å². The molecule has 5 atom stereocenters. The van der Waals surface area contributed by atoms with Crippen molar-refractivity contribution in [3.63, 3.8) is 0 Å². The van der Waals surface area contributed by atoms with Gasteiger partial charge in [0.1, 0.15) is 0 Å². The van der Waals surface area contributed by atoms with Gasteiger partial charge in [-0.1, -0.05) is 43.2 Å². The number of carbonyl (C=O) groups is 2. The lowest BCUT2D eigenvalue weighted by Gasteiger charge is -2.07. The highest BCUT2D eigenvalue weighted by atomic mass is 16.2. The molecule has 1 aromatic carbocycles. The molecule has 0 bridgehead atoms. The highest BCUT2D eigenvalue weighted by Gasteiger charge is 2.55. The molecular weight excluding hydrogens is 276 g/mol. The summed E-state index contributed by atoms with van der Waals surface area (Å²) in [4.78, 5) is 24.3. The highest BCUT2D eigenvalue weighted by Crippen LogP contribution is 2.55. The topological polar surface area (TPSA) is 58.2 Å². The van der Waals surface area contributed by atoms with Gasteiger partial charge in [-0.2, -0.15) is 0 Å². The standard InChI is InChI=1S/C18H22N2O2/c21-17(15-10-14(15)11-6-2-1-3-7-11)19-20-18(22)16-12-8-4-5-9-13(12)16/h1-3,6-7,12-16H,4-5,8-10H2,(H,19,21)(H,20,22)/t12-,13+,14-,15+,16?/m1/s1. The first-order valence-electron chi connectivity index (χ1n) is 8.40. The van der Waals surface area contributed by atoms with E-state index in [9.17, 15) is 9.59 Å². The Morgan fingerprint density at radius 1 is 0.909 bits per heavy atom. The van der Waals surface area contributed by atoms with Gasteiger partial charge < -0.3 is 0 Å². The van der Waals surface area contributed by atoms with E-state index < -0.39 is 0 Å². The van der Waals surface area contributed by atoms with Gasteiger partial charge in [0.2, 0.25) is 11.8 Å². The quantitative estimate of drug-likeness (QED) is 0.842. The Morgan fingerprint density at radius 2 is 1.55 bits per heavy atom. The Kier molecular flexibility index (Phi) is 3.40. The molecule has 0 heterocycles. The summed E-state index contributed by atoms with van der Waals surface area (Å²) < 4.78 is 0. The zero-order chi connectivity index (χ0) is 15.1. The van der Waals surface area contributed by atoms with Crippen molar-refractivity contribution in [3.8, 4) is 0 Å². The lowest BCUT2D eigenvalue weighted by Crippen LogP contribution is -2.43. The van der Waals surface area contributed by atoms with Crippen molar-refractivity contribution in [1.29, 1.82) is 0 Å². The van der Waals surface area contributed by atoms with Crippen LogP contribution in [0.1, 0.15) is 43.6 Å². The number of hydrogen-bond acceptors (Lipinski definition) is 2. The first-order chi connectivity index (χ1) is 10.8. The van der Waals surface area contributed by atoms with Crippen molar-refractivity contribution in [1.82, 2.24) is 10.9 Å². The lowest BCUT2D eigenvalue weighted by atomic mass is 10.0. The normalized spacial score (nSPS) is 35.2. The van der Waals surface area contributed by atoms with Crippen LogP contribution in [-0.4, -0.2) is 11.8 Å². The molecule has 4 nitrogen and oxygen atoms in total. The maximum atomic E-state index is 12.1. The summed E-state index contributed by atoms with van der Waals surface area (Å²) in [5.41, 5.74) is 6.50. The summed E-state index contributed by atoms with van der Waals surface area (Å²) in [6.07, 6.45) is 5.72. The van der Waals surface area contributed by atoms with Crippen molar-refractivity contribution in [2.24, 2.45) is 23.7 Å². The first-order valence-corrected chi connectivity index (χ1v) is 8.40. The fraction of sp³-hybridized carbons (Fsp3) is 0.556. The second-order valence-corrected chi connectivity index (χ2v) is 6.98. The molecule has 2 amide bonds. The van der Waals surface area contributed by atoms with Crippen LogP contribution < -0.4 is 10.9 Å². The van der Waals surface area contributed by atoms with Crippen molar-refractivity contribution < 1.29 is 9.59 Å². The summed E-state index contributed by atoms with van der Waals surface area (Å²) in [6, 6.07) is 10.1. The van der Waals surface area contributed by atoms with Crippen LogP contribution in [0.15, 0.2) is 30.3 Å². The predicted octanol–water partition coefficient (Wildman–Crippen LogP) is 2.37. The van der Waals surface area contributed by atoms with Crippen molar-refractivity contribution in [2.75, 3.05) is 0 Å². The molecule has 0 aliphatic heterocycles. The second-order valence-electron chi connectivity index (χ2n) is 6.98. The van der Waals surface area contributed by atoms with E-state index in [1.165, 1.54) is 31.2 Å². The Labute approximate surface area is 130 Å². The van der Waals surface area contributed by atoms with Gasteiger partial charge in [-0.05, 0) is 42.6 Å². The number of nitrogens with one attached hydrogen (secondary N) is 2. The number of amides is 2. The van der Waals surface area contributed by atoms with Gasteiger partial charge in [0.05, 0.1) is 0 Å². The fourth-order valence-electron chi connectivity index (χ4n) is 4.23. The number of hydrazine groups is 1. The maximum absolute atomic E-state index is 12.1. The van der Waals surface area contributed by atoms with E-state index in [2.05, 4.69) is 23.0 Å². The van der Waals surface area contributed by atoms with Crippen LogP contribution in [0.2, 0.25) is 0 Å². The van der Waals surface area contributed by atoms with Crippen LogP contribution >= 0.6 is 0 Å². The third-order valence-corrected chi connectivity index (χ3v) is 5.62. The Hall–Kier alpha value is -1.84. The Morgan fingerprint density at radius 3 is 2.23 bits per heavy atom. The monoisotopic (exact) mass is 298 g/mol. The molecule has 2 N–H and O–H groups in total. The molecule has 3 aliphatic rings. The molecule has 0 aromatic heterocycles. The van der Waals surface area contributed by atoms with Gasteiger partial charge in [0, 0.05) is 11.8 Å². The Bertz CT molecular complexity index is 574. The minimum atomic E-state index is -0.0502. The molecule has 1 aromatic rings. The van der Waals surface area contributed by atoms with E-state index in [0.717, 1.165) is 6.42 Å². The smallest absolute Gasteiger partial charge is 0.242 e. The van der Waals surface area contributed by atoms with E-state index in [1.54, 1.807) is 0 Å². The average Bonchev–Trinajstić information content (AvgIpc) is 3.45. The molecule has 0 spiro atoms. The summed E-state index contributed by atoms with van der Waals surface area (Å²) in [5.74, 6) is 1.57. The molecular formula is C18H22N2O2. The van der Waals surface area contributed by atoms with Crippen molar-refractivity contribution in [2.45, 2.75) is 38.0 Å². The zero-order valence-electron chi connectivity index (χ0n) is 12.6. The summed E-state index contributed by atoms with van der Waals surface area (Å²) >= 11 is 0. The SMILES string of the molecule is O=C(NNC(=O)[C@H]1C[C@@H]1c1ccccc1)C1[C@H]2CCCC[C@@H]12. The summed E-state index contributed by atoms with van der Waals surface area (Å²) in [5, 5.41) is 0. The van der Waals surface area contributed by atoms with E-state index in [4.69, 9.17) is 0 Å².